The van der Waals surface area contributed by atoms with E-state index in [1.807, 2.05) is 6.92 Å². The first-order valence-electron chi connectivity index (χ1n) is 6.80. The monoisotopic (exact) mass is 265 g/mol. The first-order valence-corrected chi connectivity index (χ1v) is 6.80. The molecular weight excluding hydrogens is 243 g/mol. The van der Waals surface area contributed by atoms with Crippen molar-refractivity contribution < 1.29 is 17.9 Å². The summed E-state index contributed by atoms with van der Waals surface area (Å²) in [6.45, 7) is 3.45. The fourth-order valence-corrected chi connectivity index (χ4v) is 3.25. The van der Waals surface area contributed by atoms with Crippen LogP contribution in [0.4, 0.5) is 13.2 Å². The number of nitrogens with one attached hydrogen (secondary N) is 1. The number of halogens is 3. The predicted octanol–water partition coefficient (Wildman–Crippen LogP) is 3.41. The van der Waals surface area contributed by atoms with E-state index in [0.29, 0.717) is 13.0 Å². The van der Waals surface area contributed by atoms with E-state index in [1.165, 1.54) is 12.8 Å². The van der Waals surface area contributed by atoms with Crippen molar-refractivity contribution in [2.24, 2.45) is 0 Å². The molecule has 1 spiro atoms. The average Bonchev–Trinajstić information content (AvgIpc) is 2.63. The molecule has 1 N–H and O–H groups in total. The zero-order valence-corrected chi connectivity index (χ0v) is 10.9. The first kappa shape index (κ1) is 14.1. The zero-order valence-electron chi connectivity index (χ0n) is 10.9. The molecule has 0 amide bonds. The number of morpholine rings is 1. The third-order valence-electron chi connectivity index (χ3n) is 4.09. The number of alkyl halides is 3. The molecule has 1 heterocycles. The summed E-state index contributed by atoms with van der Waals surface area (Å²) in [7, 11) is 0. The van der Waals surface area contributed by atoms with Crippen LogP contribution in [0.2, 0.25) is 0 Å². The van der Waals surface area contributed by atoms with Gasteiger partial charge in [-0.3, -0.25) is 0 Å². The van der Waals surface area contributed by atoms with E-state index in [4.69, 9.17) is 4.74 Å². The Balaban J connectivity index is 1.86. The molecule has 1 aliphatic heterocycles. The Labute approximate surface area is 106 Å². The molecule has 18 heavy (non-hydrogen) atoms. The Morgan fingerprint density at radius 3 is 2.44 bits per heavy atom. The van der Waals surface area contributed by atoms with Crippen molar-refractivity contribution in [3.63, 3.8) is 0 Å². The highest BCUT2D eigenvalue weighted by atomic mass is 19.4. The van der Waals surface area contributed by atoms with Crippen molar-refractivity contribution in [3.05, 3.63) is 0 Å². The highest BCUT2D eigenvalue weighted by molar-refractivity contribution is 4.97. The van der Waals surface area contributed by atoms with Crippen molar-refractivity contribution >= 4 is 0 Å². The van der Waals surface area contributed by atoms with Crippen molar-refractivity contribution in [2.45, 2.75) is 69.2 Å². The maximum atomic E-state index is 12.2. The van der Waals surface area contributed by atoms with E-state index in [9.17, 15) is 13.2 Å². The molecule has 0 radical (unpaired) electrons. The van der Waals surface area contributed by atoms with Gasteiger partial charge < -0.3 is 10.1 Å². The Morgan fingerprint density at radius 2 is 1.83 bits per heavy atom. The van der Waals surface area contributed by atoms with Gasteiger partial charge in [-0.1, -0.05) is 12.8 Å². The lowest BCUT2D eigenvalue weighted by Gasteiger charge is -2.46. The molecule has 2 nitrogen and oxygen atoms in total. The van der Waals surface area contributed by atoms with Gasteiger partial charge in [0.1, 0.15) is 0 Å². The summed E-state index contributed by atoms with van der Waals surface area (Å²) in [5.74, 6) is 0. The molecule has 0 aromatic carbocycles. The van der Waals surface area contributed by atoms with E-state index in [0.717, 1.165) is 19.4 Å². The molecule has 1 unspecified atom stereocenters. The quantitative estimate of drug-likeness (QED) is 0.844. The molecule has 1 aliphatic carbocycles. The molecule has 106 valence electrons. The number of rotatable bonds is 3. The maximum Gasteiger partial charge on any atom is 0.389 e. The second-order valence-electron chi connectivity index (χ2n) is 6.01. The van der Waals surface area contributed by atoms with E-state index in [2.05, 4.69) is 5.32 Å². The molecule has 1 saturated carbocycles. The van der Waals surface area contributed by atoms with Crippen LogP contribution in [0, 0.1) is 0 Å². The fourth-order valence-electron chi connectivity index (χ4n) is 3.25. The molecule has 0 aromatic heterocycles. The summed E-state index contributed by atoms with van der Waals surface area (Å²) in [4.78, 5) is 0. The third kappa shape index (κ3) is 3.60. The van der Waals surface area contributed by atoms with Crippen molar-refractivity contribution in [1.29, 1.82) is 0 Å². The second kappa shape index (κ2) is 5.00. The van der Waals surface area contributed by atoms with Crippen LogP contribution < -0.4 is 5.32 Å². The highest BCUT2D eigenvalue weighted by Crippen LogP contribution is 2.40. The normalized spacial score (nSPS) is 32.0. The van der Waals surface area contributed by atoms with E-state index in [1.54, 1.807) is 0 Å². The minimum absolute atomic E-state index is 0.106. The van der Waals surface area contributed by atoms with Gasteiger partial charge in [0.2, 0.25) is 0 Å². The van der Waals surface area contributed by atoms with Gasteiger partial charge >= 0.3 is 6.18 Å². The minimum atomic E-state index is -4.05. The van der Waals surface area contributed by atoms with Gasteiger partial charge in [0.15, 0.2) is 0 Å². The average molecular weight is 265 g/mol. The van der Waals surface area contributed by atoms with Gasteiger partial charge in [0, 0.05) is 19.5 Å². The van der Waals surface area contributed by atoms with Gasteiger partial charge in [-0.15, -0.1) is 0 Å². The lowest BCUT2D eigenvalue weighted by Crippen LogP contribution is -2.58. The van der Waals surface area contributed by atoms with E-state index in [-0.39, 0.29) is 12.0 Å². The van der Waals surface area contributed by atoms with Crippen LogP contribution in [-0.2, 0) is 4.74 Å². The fraction of sp³-hybridized carbons (Fsp3) is 1.00. The van der Waals surface area contributed by atoms with Crippen LogP contribution >= 0.6 is 0 Å². The SMILES string of the molecule is CC1(CCCC(F)(F)F)CNCC2(CCCC2)O1. The predicted molar refractivity (Wildman–Crippen MR) is 63.5 cm³/mol. The summed E-state index contributed by atoms with van der Waals surface area (Å²) in [5, 5.41) is 3.35. The van der Waals surface area contributed by atoms with Crippen molar-refractivity contribution in [2.75, 3.05) is 13.1 Å². The van der Waals surface area contributed by atoms with E-state index < -0.39 is 18.2 Å². The molecule has 1 atom stereocenters. The van der Waals surface area contributed by atoms with Crippen LogP contribution in [0.3, 0.4) is 0 Å². The maximum absolute atomic E-state index is 12.2. The Morgan fingerprint density at radius 1 is 1.17 bits per heavy atom. The standard InChI is InChI=1S/C13H22F3NO/c1-11(5-4-8-13(14,15)16)9-17-10-12(18-11)6-2-3-7-12/h17H,2-10H2,1H3. The van der Waals surface area contributed by atoms with Crippen LogP contribution in [-0.4, -0.2) is 30.5 Å². The molecule has 2 aliphatic rings. The summed E-state index contributed by atoms with van der Waals surface area (Å²) in [5.41, 5.74) is -0.543. The Bertz CT molecular complexity index is 286. The molecule has 2 rings (SSSR count). The molecule has 0 bridgehead atoms. The summed E-state index contributed by atoms with van der Waals surface area (Å²) >= 11 is 0. The van der Waals surface area contributed by atoms with Gasteiger partial charge in [-0.2, -0.15) is 13.2 Å². The smallest absolute Gasteiger partial charge is 0.366 e. The molecule has 5 heteroatoms. The minimum Gasteiger partial charge on any atom is -0.366 e. The topological polar surface area (TPSA) is 21.3 Å². The lowest BCUT2D eigenvalue weighted by molar-refractivity contribution is -0.176. The Kier molecular flexibility index (Phi) is 3.93. The van der Waals surface area contributed by atoms with Gasteiger partial charge in [0.25, 0.3) is 0 Å². The van der Waals surface area contributed by atoms with Crippen molar-refractivity contribution in [3.8, 4) is 0 Å². The second-order valence-corrected chi connectivity index (χ2v) is 6.01. The lowest BCUT2D eigenvalue weighted by atomic mass is 9.91. The first-order chi connectivity index (χ1) is 8.33. The molecule has 1 saturated heterocycles. The molecule has 0 aromatic rings. The zero-order chi connectivity index (χ0) is 13.3. The summed E-state index contributed by atoms with van der Waals surface area (Å²) in [6.07, 6.45) is 0.270. The van der Waals surface area contributed by atoms with Crippen LogP contribution in [0.15, 0.2) is 0 Å². The van der Waals surface area contributed by atoms with E-state index >= 15 is 0 Å². The van der Waals surface area contributed by atoms with Gasteiger partial charge in [-0.25, -0.2) is 0 Å². The number of hydrogen-bond donors (Lipinski definition) is 1. The van der Waals surface area contributed by atoms with Crippen LogP contribution in [0.5, 0.6) is 0 Å². The number of hydrogen-bond acceptors (Lipinski definition) is 2. The van der Waals surface area contributed by atoms with Gasteiger partial charge in [0.05, 0.1) is 11.2 Å². The van der Waals surface area contributed by atoms with Crippen LogP contribution in [0.25, 0.3) is 0 Å². The largest absolute Gasteiger partial charge is 0.389 e. The summed E-state index contributed by atoms with van der Waals surface area (Å²) < 4.78 is 42.7. The Hall–Kier alpha value is -0.290. The van der Waals surface area contributed by atoms with Crippen molar-refractivity contribution in [1.82, 2.24) is 5.32 Å². The summed E-state index contributed by atoms with van der Waals surface area (Å²) in [6, 6.07) is 0. The third-order valence-corrected chi connectivity index (χ3v) is 4.09. The van der Waals surface area contributed by atoms with Gasteiger partial charge in [-0.05, 0) is 32.6 Å². The van der Waals surface area contributed by atoms with Crippen LogP contribution in [0.1, 0.15) is 51.9 Å². The highest BCUT2D eigenvalue weighted by Gasteiger charge is 2.44. The molecular formula is C13H22F3NO. The number of ether oxygens (including phenoxy) is 1. The molecule has 2 fully saturated rings.